The zero-order valence-corrected chi connectivity index (χ0v) is 8.75. The number of aromatic hydroxyl groups is 2. The SMILES string of the molecule is Oc1cccc(-c2cccc3n[nH]nc23)c1O. The van der Waals surface area contributed by atoms with E-state index in [1.165, 1.54) is 6.07 Å². The number of para-hydroxylation sites is 2. The Morgan fingerprint density at radius 2 is 1.65 bits per heavy atom. The molecule has 5 nitrogen and oxygen atoms in total. The van der Waals surface area contributed by atoms with Gasteiger partial charge in [0.15, 0.2) is 11.5 Å². The third-order valence-corrected chi connectivity index (χ3v) is 2.65. The maximum Gasteiger partial charge on any atom is 0.165 e. The second kappa shape index (κ2) is 3.48. The number of rotatable bonds is 1. The van der Waals surface area contributed by atoms with Crippen LogP contribution in [0.15, 0.2) is 36.4 Å². The first-order chi connectivity index (χ1) is 8.27. The molecule has 0 unspecified atom stereocenters. The Balaban J connectivity index is 2.34. The highest BCUT2D eigenvalue weighted by atomic mass is 16.3. The Morgan fingerprint density at radius 1 is 0.882 bits per heavy atom. The highest BCUT2D eigenvalue weighted by molar-refractivity contribution is 5.93. The molecule has 0 saturated carbocycles. The molecule has 0 spiro atoms. The number of aromatic amines is 1. The fraction of sp³-hybridized carbons (Fsp3) is 0. The molecule has 0 fully saturated rings. The van der Waals surface area contributed by atoms with Gasteiger partial charge in [0.25, 0.3) is 0 Å². The predicted octanol–water partition coefficient (Wildman–Crippen LogP) is 2.04. The second-order valence-electron chi connectivity index (χ2n) is 3.67. The van der Waals surface area contributed by atoms with E-state index in [0.29, 0.717) is 16.6 Å². The molecule has 1 aromatic heterocycles. The smallest absolute Gasteiger partial charge is 0.165 e. The molecule has 2 aromatic carbocycles. The van der Waals surface area contributed by atoms with Crippen molar-refractivity contribution in [1.29, 1.82) is 0 Å². The van der Waals surface area contributed by atoms with Crippen molar-refractivity contribution >= 4 is 11.0 Å². The van der Waals surface area contributed by atoms with Crippen molar-refractivity contribution in [2.75, 3.05) is 0 Å². The molecule has 0 amide bonds. The molecule has 3 rings (SSSR count). The highest BCUT2D eigenvalue weighted by Crippen LogP contribution is 2.38. The normalized spacial score (nSPS) is 10.8. The second-order valence-corrected chi connectivity index (χ2v) is 3.67. The van der Waals surface area contributed by atoms with Crippen LogP contribution in [0, 0.1) is 0 Å². The molecule has 84 valence electrons. The first-order valence-electron chi connectivity index (χ1n) is 5.08. The summed E-state index contributed by atoms with van der Waals surface area (Å²) in [4.78, 5) is 0. The summed E-state index contributed by atoms with van der Waals surface area (Å²) in [6.07, 6.45) is 0. The van der Waals surface area contributed by atoms with Crippen molar-refractivity contribution in [3.8, 4) is 22.6 Å². The predicted molar refractivity (Wildman–Crippen MR) is 62.7 cm³/mol. The van der Waals surface area contributed by atoms with Crippen molar-refractivity contribution in [2.24, 2.45) is 0 Å². The molecule has 0 aliphatic rings. The minimum atomic E-state index is -0.150. The lowest BCUT2D eigenvalue weighted by atomic mass is 10.0. The van der Waals surface area contributed by atoms with Gasteiger partial charge in [0.2, 0.25) is 0 Å². The van der Waals surface area contributed by atoms with Crippen LogP contribution in [0.2, 0.25) is 0 Å². The number of hydrogen-bond donors (Lipinski definition) is 3. The summed E-state index contributed by atoms with van der Waals surface area (Å²) in [5, 5.41) is 29.9. The van der Waals surface area contributed by atoms with Crippen molar-refractivity contribution in [3.63, 3.8) is 0 Å². The van der Waals surface area contributed by atoms with Gasteiger partial charge < -0.3 is 10.2 Å². The van der Waals surface area contributed by atoms with Crippen LogP contribution >= 0.6 is 0 Å². The summed E-state index contributed by atoms with van der Waals surface area (Å²) in [6, 6.07) is 10.3. The molecular formula is C12H9N3O2. The number of H-pyrrole nitrogens is 1. The standard InChI is InChI=1S/C12H9N3O2/c16-10-6-2-4-8(12(10)17)7-3-1-5-9-11(7)14-15-13-9/h1-6,16-17H,(H,13,14,15). The highest BCUT2D eigenvalue weighted by Gasteiger charge is 2.12. The van der Waals surface area contributed by atoms with Crippen molar-refractivity contribution in [3.05, 3.63) is 36.4 Å². The van der Waals surface area contributed by atoms with Crippen LogP contribution in [0.5, 0.6) is 11.5 Å². The van der Waals surface area contributed by atoms with E-state index in [2.05, 4.69) is 15.4 Å². The first kappa shape index (κ1) is 9.65. The van der Waals surface area contributed by atoms with E-state index in [1.807, 2.05) is 18.2 Å². The van der Waals surface area contributed by atoms with Crippen molar-refractivity contribution in [2.45, 2.75) is 0 Å². The first-order valence-corrected chi connectivity index (χ1v) is 5.08. The van der Waals surface area contributed by atoms with Crippen LogP contribution in [-0.4, -0.2) is 25.6 Å². The fourth-order valence-electron chi connectivity index (χ4n) is 1.83. The summed E-state index contributed by atoms with van der Waals surface area (Å²) >= 11 is 0. The Morgan fingerprint density at radius 3 is 2.53 bits per heavy atom. The number of hydrogen-bond acceptors (Lipinski definition) is 4. The van der Waals surface area contributed by atoms with E-state index in [1.54, 1.807) is 12.1 Å². The summed E-state index contributed by atoms with van der Waals surface area (Å²) in [7, 11) is 0. The molecule has 0 aliphatic carbocycles. The van der Waals surface area contributed by atoms with Gasteiger partial charge >= 0.3 is 0 Å². The summed E-state index contributed by atoms with van der Waals surface area (Å²) in [6.45, 7) is 0. The third kappa shape index (κ3) is 1.40. The topological polar surface area (TPSA) is 82.0 Å². The van der Waals surface area contributed by atoms with Crippen molar-refractivity contribution in [1.82, 2.24) is 15.4 Å². The average Bonchev–Trinajstić information content (AvgIpc) is 2.81. The van der Waals surface area contributed by atoms with Gasteiger partial charge in [-0.3, -0.25) is 0 Å². The van der Waals surface area contributed by atoms with Gasteiger partial charge in [-0.1, -0.05) is 24.3 Å². The van der Waals surface area contributed by atoms with Crippen LogP contribution in [0.25, 0.3) is 22.2 Å². The molecule has 5 heteroatoms. The zero-order chi connectivity index (χ0) is 11.8. The van der Waals surface area contributed by atoms with Gasteiger partial charge in [0.05, 0.1) is 0 Å². The zero-order valence-electron chi connectivity index (χ0n) is 8.75. The molecule has 0 atom stereocenters. The molecule has 0 aliphatic heterocycles. The number of nitrogens with one attached hydrogen (secondary N) is 1. The Hall–Kier alpha value is -2.56. The average molecular weight is 227 g/mol. The molecule has 3 aromatic rings. The minimum Gasteiger partial charge on any atom is -0.504 e. The number of aromatic nitrogens is 3. The monoisotopic (exact) mass is 227 g/mol. The van der Waals surface area contributed by atoms with Crippen LogP contribution < -0.4 is 0 Å². The van der Waals surface area contributed by atoms with Gasteiger partial charge in [0.1, 0.15) is 11.0 Å². The van der Waals surface area contributed by atoms with Crippen molar-refractivity contribution < 1.29 is 10.2 Å². The molecule has 0 radical (unpaired) electrons. The largest absolute Gasteiger partial charge is 0.504 e. The lowest BCUT2D eigenvalue weighted by molar-refractivity contribution is 0.405. The van der Waals surface area contributed by atoms with Gasteiger partial charge in [-0.25, -0.2) is 0 Å². The van der Waals surface area contributed by atoms with Gasteiger partial charge in [-0.2, -0.15) is 15.4 Å². The van der Waals surface area contributed by atoms with Gasteiger partial charge in [-0.15, -0.1) is 0 Å². The number of benzene rings is 2. The molecule has 17 heavy (non-hydrogen) atoms. The minimum absolute atomic E-state index is 0.150. The van der Waals surface area contributed by atoms with Gasteiger partial charge in [0, 0.05) is 11.1 Å². The Kier molecular flexibility index (Phi) is 1.98. The van der Waals surface area contributed by atoms with E-state index >= 15 is 0 Å². The van der Waals surface area contributed by atoms with Gasteiger partial charge in [-0.05, 0) is 12.1 Å². The molecule has 0 saturated heterocycles. The number of phenolic OH excluding ortho intramolecular Hbond substituents is 2. The molecule has 3 N–H and O–H groups in total. The van der Waals surface area contributed by atoms with Crippen LogP contribution in [0.3, 0.4) is 0 Å². The van der Waals surface area contributed by atoms with E-state index in [-0.39, 0.29) is 11.5 Å². The van der Waals surface area contributed by atoms with E-state index in [4.69, 9.17) is 0 Å². The maximum absolute atomic E-state index is 9.84. The molecule has 0 bridgehead atoms. The third-order valence-electron chi connectivity index (χ3n) is 2.65. The number of phenols is 2. The van der Waals surface area contributed by atoms with E-state index in [9.17, 15) is 10.2 Å². The van der Waals surface area contributed by atoms with Crippen LogP contribution in [0.4, 0.5) is 0 Å². The van der Waals surface area contributed by atoms with E-state index in [0.717, 1.165) is 5.56 Å². The summed E-state index contributed by atoms with van der Waals surface area (Å²) in [5.41, 5.74) is 2.63. The Bertz CT molecular complexity index is 691. The lowest BCUT2D eigenvalue weighted by Gasteiger charge is -2.06. The number of fused-ring (bicyclic) bond motifs is 1. The number of nitrogens with zero attached hydrogens (tertiary/aromatic N) is 2. The molecule has 1 heterocycles. The quantitative estimate of drug-likeness (QED) is 0.555. The summed E-state index contributed by atoms with van der Waals surface area (Å²) in [5.74, 6) is -0.300. The Labute approximate surface area is 96.3 Å². The maximum atomic E-state index is 9.84. The van der Waals surface area contributed by atoms with Crippen LogP contribution in [0.1, 0.15) is 0 Å². The van der Waals surface area contributed by atoms with Crippen LogP contribution in [-0.2, 0) is 0 Å². The lowest BCUT2D eigenvalue weighted by Crippen LogP contribution is -1.82. The van der Waals surface area contributed by atoms with E-state index < -0.39 is 0 Å². The molecular weight excluding hydrogens is 218 g/mol. The summed E-state index contributed by atoms with van der Waals surface area (Å²) < 4.78 is 0. The fourth-order valence-corrected chi connectivity index (χ4v) is 1.83.